The number of hydrogen-bond acceptors (Lipinski definition) is 3. The smallest absolute Gasteiger partial charge is 0.0540 e. The van der Waals surface area contributed by atoms with E-state index in [1.54, 1.807) is 19.1 Å². The van der Waals surface area contributed by atoms with E-state index in [2.05, 4.69) is 0 Å². The molecule has 0 atom stereocenters. The van der Waals surface area contributed by atoms with Crippen LogP contribution in [0.1, 0.15) is 0 Å². The summed E-state index contributed by atoms with van der Waals surface area (Å²) in [5.74, 6) is 0. The molecule has 60 valence electrons. The zero-order valence-corrected chi connectivity index (χ0v) is 6.73. The van der Waals surface area contributed by atoms with Crippen LogP contribution in [-0.2, 0) is 0 Å². The number of rotatable bonds is 2. The van der Waals surface area contributed by atoms with E-state index in [1.165, 1.54) is 0 Å². The highest BCUT2D eigenvalue weighted by Gasteiger charge is 2.00. The van der Waals surface area contributed by atoms with Gasteiger partial charge in [-0.2, -0.15) is 0 Å². The van der Waals surface area contributed by atoms with Gasteiger partial charge in [0, 0.05) is 14.1 Å². The van der Waals surface area contributed by atoms with Gasteiger partial charge >= 0.3 is 0 Å². The molecule has 1 aromatic rings. The van der Waals surface area contributed by atoms with E-state index >= 15 is 0 Å². The Bertz CT molecular complexity index is 211. The van der Waals surface area contributed by atoms with Gasteiger partial charge in [-0.05, 0) is 12.1 Å². The van der Waals surface area contributed by atoms with Gasteiger partial charge in [-0.3, -0.25) is 10.2 Å². The minimum absolute atomic E-state index is 0.956. The summed E-state index contributed by atoms with van der Waals surface area (Å²) in [6.45, 7) is 0. The highest BCUT2D eigenvalue weighted by Crippen LogP contribution is 2.10. The van der Waals surface area contributed by atoms with Crippen LogP contribution in [0.25, 0.3) is 0 Å². The normalized spacial score (nSPS) is 10.2. The Hall–Kier alpha value is -1.06. The third kappa shape index (κ3) is 1.93. The summed E-state index contributed by atoms with van der Waals surface area (Å²) in [5.41, 5.74) is 0.956. The van der Waals surface area contributed by atoms with E-state index in [-0.39, 0.29) is 0 Å². The number of nitrogens with zero attached hydrogens (tertiary/aromatic N) is 2. The number of hydrogen-bond donors (Lipinski definition) is 1. The molecule has 1 N–H and O–H groups in total. The molecule has 0 spiro atoms. The summed E-state index contributed by atoms with van der Waals surface area (Å²) in [6, 6.07) is 9.64. The summed E-state index contributed by atoms with van der Waals surface area (Å²) < 4.78 is 0. The molecule has 1 rings (SSSR count). The maximum atomic E-state index is 9.03. The molecular formula is C8H12N2O. The van der Waals surface area contributed by atoms with Gasteiger partial charge in [0.2, 0.25) is 0 Å². The van der Waals surface area contributed by atoms with Crippen molar-refractivity contribution in [3.8, 4) is 0 Å². The summed E-state index contributed by atoms with van der Waals surface area (Å²) >= 11 is 0. The highest BCUT2D eigenvalue weighted by molar-refractivity contribution is 5.43. The van der Waals surface area contributed by atoms with Gasteiger partial charge in [-0.25, -0.2) is 0 Å². The molecule has 3 nitrogen and oxygen atoms in total. The second kappa shape index (κ2) is 3.37. The van der Waals surface area contributed by atoms with E-state index in [0.29, 0.717) is 0 Å². The van der Waals surface area contributed by atoms with Crippen LogP contribution in [0.4, 0.5) is 5.69 Å². The number of hydroxylamine groups is 1. The summed E-state index contributed by atoms with van der Waals surface area (Å²) in [4.78, 5) is 0. The zero-order valence-electron chi connectivity index (χ0n) is 6.73. The van der Waals surface area contributed by atoms with E-state index < -0.39 is 0 Å². The Balaban J connectivity index is 2.77. The van der Waals surface area contributed by atoms with Crippen molar-refractivity contribution in [3.05, 3.63) is 30.3 Å². The van der Waals surface area contributed by atoms with Gasteiger partial charge in [-0.1, -0.05) is 18.2 Å². The van der Waals surface area contributed by atoms with Crippen LogP contribution in [0.3, 0.4) is 0 Å². The second-order valence-corrected chi connectivity index (χ2v) is 2.35. The lowest BCUT2D eigenvalue weighted by molar-refractivity contribution is -0.0713. The van der Waals surface area contributed by atoms with Crippen molar-refractivity contribution < 1.29 is 5.21 Å². The molecule has 3 heteroatoms. The first-order valence-electron chi connectivity index (χ1n) is 3.43. The van der Waals surface area contributed by atoms with Crippen molar-refractivity contribution in [3.63, 3.8) is 0 Å². The average Bonchev–Trinajstić information content (AvgIpc) is 2.05. The molecule has 0 aliphatic carbocycles. The van der Waals surface area contributed by atoms with Crippen molar-refractivity contribution >= 4 is 5.69 Å². The Morgan fingerprint density at radius 1 is 1.09 bits per heavy atom. The van der Waals surface area contributed by atoms with Gasteiger partial charge in [0.25, 0.3) is 0 Å². The third-order valence-corrected chi connectivity index (χ3v) is 1.56. The lowest BCUT2D eigenvalue weighted by Crippen LogP contribution is -2.33. The van der Waals surface area contributed by atoms with Gasteiger partial charge in [-0.15, -0.1) is 5.17 Å². The molecule has 1 aromatic carbocycles. The van der Waals surface area contributed by atoms with Crippen LogP contribution >= 0.6 is 0 Å². The van der Waals surface area contributed by atoms with Crippen molar-refractivity contribution in [2.75, 3.05) is 19.1 Å². The molecule has 0 saturated heterocycles. The maximum absolute atomic E-state index is 9.03. The van der Waals surface area contributed by atoms with Crippen molar-refractivity contribution in [2.24, 2.45) is 0 Å². The van der Waals surface area contributed by atoms with E-state index in [0.717, 1.165) is 10.9 Å². The molecule has 0 heterocycles. The predicted octanol–water partition coefficient (Wildman–Crippen LogP) is 1.36. The van der Waals surface area contributed by atoms with E-state index in [1.807, 2.05) is 30.3 Å². The summed E-state index contributed by atoms with van der Waals surface area (Å²) in [5, 5.41) is 11.7. The van der Waals surface area contributed by atoms with Crippen molar-refractivity contribution in [1.29, 1.82) is 0 Å². The van der Waals surface area contributed by atoms with E-state index in [4.69, 9.17) is 5.21 Å². The fraction of sp³-hybridized carbons (Fsp3) is 0.250. The third-order valence-electron chi connectivity index (χ3n) is 1.56. The molecule has 0 aliphatic heterocycles. The first-order chi connectivity index (χ1) is 5.22. The quantitative estimate of drug-likeness (QED) is 0.648. The highest BCUT2D eigenvalue weighted by atomic mass is 16.5. The minimum atomic E-state index is 0.956. The molecule has 0 aliphatic rings. The average molecular weight is 152 g/mol. The van der Waals surface area contributed by atoms with E-state index in [9.17, 15) is 0 Å². The van der Waals surface area contributed by atoms with Gasteiger partial charge in [0.05, 0.1) is 5.69 Å². The first-order valence-corrected chi connectivity index (χ1v) is 3.43. The standard InChI is InChI=1S/C8H12N2O/c1-9(10(2)11)8-6-4-3-5-7-8/h3-7,11H,1-2H3. The Morgan fingerprint density at radius 3 is 2.09 bits per heavy atom. The molecule has 0 amide bonds. The molecule has 0 aromatic heterocycles. The van der Waals surface area contributed by atoms with Gasteiger partial charge in [0.15, 0.2) is 0 Å². The minimum Gasteiger partial charge on any atom is -0.295 e. The monoisotopic (exact) mass is 152 g/mol. The van der Waals surface area contributed by atoms with Crippen LogP contribution in [0.2, 0.25) is 0 Å². The topological polar surface area (TPSA) is 26.7 Å². The lowest BCUT2D eigenvalue weighted by atomic mass is 10.3. The SMILES string of the molecule is CN(O)N(C)c1ccccc1. The zero-order chi connectivity index (χ0) is 8.27. The molecule has 0 bridgehead atoms. The van der Waals surface area contributed by atoms with Crippen molar-refractivity contribution in [1.82, 2.24) is 5.17 Å². The molecule has 0 fully saturated rings. The number of para-hydroxylation sites is 1. The Labute approximate surface area is 66.4 Å². The fourth-order valence-corrected chi connectivity index (χ4v) is 0.811. The fourth-order valence-electron chi connectivity index (χ4n) is 0.811. The molecule has 0 radical (unpaired) electrons. The lowest BCUT2D eigenvalue weighted by Gasteiger charge is -2.23. The predicted molar refractivity (Wildman–Crippen MR) is 44.4 cm³/mol. The van der Waals surface area contributed by atoms with Crippen LogP contribution in [0, 0.1) is 0 Å². The van der Waals surface area contributed by atoms with Crippen LogP contribution in [0.5, 0.6) is 0 Å². The van der Waals surface area contributed by atoms with Crippen LogP contribution < -0.4 is 5.01 Å². The van der Waals surface area contributed by atoms with Gasteiger partial charge < -0.3 is 0 Å². The van der Waals surface area contributed by atoms with Crippen LogP contribution in [0.15, 0.2) is 30.3 Å². The molecule has 0 unspecified atom stereocenters. The summed E-state index contributed by atoms with van der Waals surface area (Å²) in [7, 11) is 3.36. The number of hydrazine groups is 1. The van der Waals surface area contributed by atoms with Crippen molar-refractivity contribution in [2.45, 2.75) is 0 Å². The Kier molecular flexibility index (Phi) is 2.46. The summed E-state index contributed by atoms with van der Waals surface area (Å²) in [6.07, 6.45) is 0. The van der Waals surface area contributed by atoms with Crippen LogP contribution in [-0.4, -0.2) is 24.5 Å². The maximum Gasteiger partial charge on any atom is 0.0540 e. The Morgan fingerprint density at radius 2 is 1.64 bits per heavy atom. The first kappa shape index (κ1) is 8.04. The molecular weight excluding hydrogens is 140 g/mol. The largest absolute Gasteiger partial charge is 0.295 e. The number of benzene rings is 1. The molecule has 0 saturated carbocycles. The number of anilines is 1. The second-order valence-electron chi connectivity index (χ2n) is 2.35. The molecule has 11 heavy (non-hydrogen) atoms. The van der Waals surface area contributed by atoms with Gasteiger partial charge in [0.1, 0.15) is 0 Å².